The van der Waals surface area contributed by atoms with Gasteiger partial charge in [0.15, 0.2) is 11.2 Å². The first kappa shape index (κ1) is 18.9. The van der Waals surface area contributed by atoms with E-state index in [1.54, 1.807) is 20.9 Å². The number of aromatic nitrogens is 4. The van der Waals surface area contributed by atoms with Crippen molar-refractivity contribution in [2.75, 3.05) is 6.54 Å². The third-order valence-corrected chi connectivity index (χ3v) is 3.24. The summed E-state index contributed by atoms with van der Waals surface area (Å²) in [6.07, 6.45) is 1.45. The summed E-state index contributed by atoms with van der Waals surface area (Å²) in [7, 11) is 3.16. The predicted octanol–water partition coefficient (Wildman–Crippen LogP) is -1.29. The van der Waals surface area contributed by atoms with Crippen LogP contribution in [0.25, 0.3) is 11.2 Å². The minimum atomic E-state index is -0.585. The number of amides is 1. The second-order valence-corrected chi connectivity index (χ2v) is 6.03. The summed E-state index contributed by atoms with van der Waals surface area (Å²) < 4.78 is 3.66. The van der Waals surface area contributed by atoms with Crippen molar-refractivity contribution in [3.8, 4) is 0 Å². The van der Waals surface area contributed by atoms with E-state index in [0.717, 1.165) is 4.57 Å². The number of nitrogens with two attached hydrogens (primary N) is 1. The molecule has 0 aliphatic heterocycles. The highest BCUT2D eigenvalue weighted by molar-refractivity contribution is 5.85. The van der Waals surface area contributed by atoms with Gasteiger partial charge in [0.1, 0.15) is 6.54 Å². The van der Waals surface area contributed by atoms with Gasteiger partial charge in [0.25, 0.3) is 5.56 Å². The lowest BCUT2D eigenvalue weighted by atomic mass is 10.1. The fraction of sp³-hybridized carbons (Fsp3) is 0.538. The second-order valence-electron chi connectivity index (χ2n) is 6.03. The number of carbonyl (C=O) groups excluding carboxylic acids is 1. The van der Waals surface area contributed by atoms with Crippen molar-refractivity contribution in [2.24, 2.45) is 19.8 Å². The Kier molecular flexibility index (Phi) is 5.39. The summed E-state index contributed by atoms with van der Waals surface area (Å²) in [5.41, 5.74) is 4.64. The van der Waals surface area contributed by atoms with Crippen LogP contribution in [0.2, 0.25) is 0 Å². The van der Waals surface area contributed by atoms with Crippen LogP contribution < -0.4 is 22.3 Å². The van der Waals surface area contributed by atoms with Gasteiger partial charge in [-0.25, -0.2) is 14.3 Å². The Morgan fingerprint density at radius 2 is 1.96 bits per heavy atom. The van der Waals surface area contributed by atoms with Gasteiger partial charge in [0, 0.05) is 26.2 Å². The second kappa shape index (κ2) is 6.55. The largest absolute Gasteiger partial charge is 0.353 e. The minimum absolute atomic E-state index is 0. The molecule has 0 atom stereocenters. The molecule has 10 heteroatoms. The van der Waals surface area contributed by atoms with Gasteiger partial charge in [-0.15, -0.1) is 12.4 Å². The Morgan fingerprint density at radius 1 is 1.35 bits per heavy atom. The number of nitrogens with one attached hydrogen (secondary N) is 1. The Bertz CT molecular complexity index is 842. The summed E-state index contributed by atoms with van der Waals surface area (Å²) in [6, 6.07) is 0. The molecule has 128 valence electrons. The van der Waals surface area contributed by atoms with E-state index in [2.05, 4.69) is 10.3 Å². The molecular weight excluding hydrogens is 324 g/mol. The van der Waals surface area contributed by atoms with Gasteiger partial charge in [-0.05, 0) is 13.8 Å². The van der Waals surface area contributed by atoms with Gasteiger partial charge in [0.05, 0.1) is 6.33 Å². The van der Waals surface area contributed by atoms with Crippen molar-refractivity contribution in [1.29, 1.82) is 0 Å². The van der Waals surface area contributed by atoms with Crippen LogP contribution in [0.15, 0.2) is 15.9 Å². The van der Waals surface area contributed by atoms with Gasteiger partial charge < -0.3 is 15.6 Å². The molecule has 0 saturated carbocycles. The zero-order valence-corrected chi connectivity index (χ0v) is 14.3. The van der Waals surface area contributed by atoms with Crippen LogP contribution >= 0.6 is 12.4 Å². The van der Waals surface area contributed by atoms with Crippen molar-refractivity contribution >= 4 is 29.5 Å². The molecule has 9 nitrogen and oxygen atoms in total. The summed E-state index contributed by atoms with van der Waals surface area (Å²) in [5.74, 6) is -0.445. The Balaban J connectivity index is 0.00000264. The molecule has 0 aliphatic rings. The quantitative estimate of drug-likeness (QED) is 0.715. The average molecular weight is 345 g/mol. The number of rotatable bonds is 4. The van der Waals surface area contributed by atoms with Crippen LogP contribution in [0.5, 0.6) is 0 Å². The first-order valence-electron chi connectivity index (χ1n) is 6.78. The molecule has 0 saturated heterocycles. The number of hydrogen-bond donors (Lipinski definition) is 2. The fourth-order valence-electron chi connectivity index (χ4n) is 2.06. The third kappa shape index (κ3) is 3.80. The summed E-state index contributed by atoms with van der Waals surface area (Å²) >= 11 is 0. The molecule has 2 heterocycles. The highest BCUT2D eigenvalue weighted by Gasteiger charge is 2.18. The van der Waals surface area contributed by atoms with E-state index in [1.165, 1.54) is 22.5 Å². The maximum Gasteiger partial charge on any atom is 0.332 e. The van der Waals surface area contributed by atoms with E-state index in [4.69, 9.17) is 5.73 Å². The Labute approximate surface area is 138 Å². The predicted molar refractivity (Wildman–Crippen MR) is 88.7 cm³/mol. The molecule has 2 aromatic heterocycles. The van der Waals surface area contributed by atoms with Crippen LogP contribution in [-0.4, -0.2) is 36.7 Å². The lowest BCUT2D eigenvalue weighted by molar-refractivity contribution is -0.122. The molecular formula is C13H21ClN6O3. The molecule has 0 spiro atoms. The molecule has 2 aromatic rings. The highest BCUT2D eigenvalue weighted by Crippen LogP contribution is 2.02. The molecule has 1 amide bonds. The number of aryl methyl sites for hydroxylation is 2. The molecule has 0 aliphatic carbocycles. The van der Waals surface area contributed by atoms with Gasteiger partial charge in [-0.2, -0.15) is 0 Å². The van der Waals surface area contributed by atoms with Crippen LogP contribution in [0, 0.1) is 0 Å². The maximum atomic E-state index is 12.4. The number of halogens is 1. The van der Waals surface area contributed by atoms with E-state index < -0.39 is 22.7 Å². The highest BCUT2D eigenvalue weighted by atomic mass is 35.5. The van der Waals surface area contributed by atoms with E-state index in [9.17, 15) is 14.4 Å². The van der Waals surface area contributed by atoms with Crippen LogP contribution in [0.1, 0.15) is 13.8 Å². The molecule has 23 heavy (non-hydrogen) atoms. The van der Waals surface area contributed by atoms with E-state index in [0.29, 0.717) is 0 Å². The average Bonchev–Trinajstić information content (AvgIpc) is 2.80. The van der Waals surface area contributed by atoms with E-state index in [-0.39, 0.29) is 36.7 Å². The van der Waals surface area contributed by atoms with Crippen molar-refractivity contribution in [3.63, 3.8) is 0 Å². The summed E-state index contributed by atoms with van der Waals surface area (Å²) in [5, 5.41) is 2.61. The van der Waals surface area contributed by atoms with Crippen LogP contribution in [0.3, 0.4) is 0 Å². The molecule has 3 N–H and O–H groups in total. The molecule has 0 fully saturated rings. The number of hydrogen-bond acceptors (Lipinski definition) is 5. The number of imidazole rings is 1. The normalized spacial score (nSPS) is 11.3. The third-order valence-electron chi connectivity index (χ3n) is 3.24. The molecule has 0 aromatic carbocycles. The SMILES string of the molecule is Cl.Cn1cnc2c1c(=O)n(CC(=O)NCC(C)(C)N)c(=O)n2C. The minimum Gasteiger partial charge on any atom is -0.353 e. The van der Waals surface area contributed by atoms with E-state index >= 15 is 0 Å². The molecule has 0 unspecified atom stereocenters. The molecule has 0 radical (unpaired) electrons. The van der Waals surface area contributed by atoms with Crippen molar-refractivity contribution in [3.05, 3.63) is 27.2 Å². The van der Waals surface area contributed by atoms with Crippen molar-refractivity contribution in [2.45, 2.75) is 25.9 Å². The smallest absolute Gasteiger partial charge is 0.332 e. The van der Waals surface area contributed by atoms with Gasteiger partial charge in [-0.3, -0.25) is 14.2 Å². The lowest BCUT2D eigenvalue weighted by Gasteiger charge is -2.19. The van der Waals surface area contributed by atoms with Crippen LogP contribution in [0.4, 0.5) is 0 Å². The van der Waals surface area contributed by atoms with Crippen LogP contribution in [-0.2, 0) is 25.4 Å². The Hall–Kier alpha value is -2.13. The number of nitrogens with zero attached hydrogens (tertiary/aromatic N) is 4. The van der Waals surface area contributed by atoms with Gasteiger partial charge in [-0.1, -0.05) is 0 Å². The Morgan fingerprint density at radius 3 is 2.52 bits per heavy atom. The molecule has 2 rings (SSSR count). The van der Waals surface area contributed by atoms with Crippen molar-refractivity contribution < 1.29 is 4.79 Å². The first-order valence-corrected chi connectivity index (χ1v) is 6.78. The van der Waals surface area contributed by atoms with Gasteiger partial charge >= 0.3 is 5.69 Å². The standard InChI is InChI=1S/C13H20N6O3.ClH/c1-13(2,14)6-15-8(20)5-19-11(21)9-10(16-7-17(9)3)18(4)12(19)22;/h7H,5-6,14H2,1-4H3,(H,15,20);1H. The number of fused-ring (bicyclic) bond motifs is 1. The first-order chi connectivity index (χ1) is 10.1. The fourth-order valence-corrected chi connectivity index (χ4v) is 2.06. The van der Waals surface area contributed by atoms with E-state index in [1.807, 2.05) is 0 Å². The van der Waals surface area contributed by atoms with Gasteiger partial charge in [0.2, 0.25) is 5.91 Å². The summed E-state index contributed by atoms with van der Waals surface area (Å²) in [6.45, 7) is 3.41. The summed E-state index contributed by atoms with van der Waals surface area (Å²) in [4.78, 5) is 40.6. The zero-order chi connectivity index (χ0) is 16.7. The maximum absolute atomic E-state index is 12.4. The monoisotopic (exact) mass is 344 g/mol. The molecule has 0 bridgehead atoms. The topological polar surface area (TPSA) is 117 Å². The number of carbonyl (C=O) groups is 1. The lowest BCUT2D eigenvalue weighted by Crippen LogP contribution is -2.48. The van der Waals surface area contributed by atoms with Crippen molar-refractivity contribution in [1.82, 2.24) is 24.0 Å². The zero-order valence-electron chi connectivity index (χ0n) is 13.5.